The monoisotopic (exact) mass is 498 g/mol. The number of H-pyrrole nitrogens is 1. The van der Waals surface area contributed by atoms with Crippen molar-refractivity contribution >= 4 is 28.9 Å². The van der Waals surface area contributed by atoms with E-state index in [0.29, 0.717) is 38.7 Å². The van der Waals surface area contributed by atoms with Crippen LogP contribution < -0.4 is 10.6 Å². The molecule has 3 atom stereocenters. The number of amides is 4. The number of benzene rings is 1. The Morgan fingerprint density at radius 3 is 2.67 bits per heavy atom. The fourth-order valence-corrected chi connectivity index (χ4v) is 5.04. The number of likely N-dealkylation sites (tertiary alicyclic amines) is 1. The van der Waals surface area contributed by atoms with Gasteiger partial charge in [0.15, 0.2) is 0 Å². The number of hydrogen-bond acceptors (Lipinski definition) is 5. The molecule has 10 nitrogen and oxygen atoms in total. The molecule has 2 saturated heterocycles. The lowest BCUT2D eigenvalue weighted by Crippen LogP contribution is -2.55. The molecule has 196 valence electrons. The fourth-order valence-electron chi connectivity index (χ4n) is 5.04. The first-order chi connectivity index (χ1) is 17.4. The average Bonchev–Trinajstić information content (AvgIpc) is 3.34. The highest BCUT2D eigenvalue weighted by Crippen LogP contribution is 2.22. The first kappa shape index (κ1) is 25.9. The number of hydrogen-bond donors (Lipinski definition) is 3. The van der Waals surface area contributed by atoms with Gasteiger partial charge in [-0.2, -0.15) is 0 Å². The Morgan fingerprint density at radius 2 is 1.94 bits per heavy atom. The number of carbonyl (C=O) groups is 3. The minimum absolute atomic E-state index is 0.0790. The zero-order chi connectivity index (χ0) is 25.7. The highest BCUT2D eigenvalue weighted by atomic mass is 16.5. The maximum absolute atomic E-state index is 13.4. The lowest BCUT2D eigenvalue weighted by atomic mass is 9.99. The molecule has 2 aliphatic rings. The van der Waals surface area contributed by atoms with E-state index in [9.17, 15) is 14.4 Å². The number of carbonyl (C=O) groups excluding carboxylic acids is 3. The lowest BCUT2D eigenvalue weighted by Gasteiger charge is -2.36. The molecular weight excluding hydrogens is 460 g/mol. The zero-order valence-corrected chi connectivity index (χ0v) is 21.5. The van der Waals surface area contributed by atoms with E-state index in [4.69, 9.17) is 4.74 Å². The van der Waals surface area contributed by atoms with Crippen LogP contribution in [-0.4, -0.2) is 82.5 Å². The number of fused-ring (bicyclic) bond motifs is 1. The Hall–Kier alpha value is -3.14. The summed E-state index contributed by atoms with van der Waals surface area (Å²) >= 11 is 0. The fraction of sp³-hybridized carbons (Fsp3) is 0.615. The van der Waals surface area contributed by atoms with Gasteiger partial charge in [-0.15, -0.1) is 0 Å². The number of aromatic amines is 1. The second-order valence-electron chi connectivity index (χ2n) is 9.77. The van der Waals surface area contributed by atoms with E-state index in [1.54, 1.807) is 4.90 Å². The maximum atomic E-state index is 13.4. The van der Waals surface area contributed by atoms with Crippen molar-refractivity contribution in [2.24, 2.45) is 0 Å². The van der Waals surface area contributed by atoms with Gasteiger partial charge in [-0.25, -0.2) is 9.78 Å². The molecule has 0 spiro atoms. The number of piperidine rings is 1. The summed E-state index contributed by atoms with van der Waals surface area (Å²) in [5.74, 6) is 0.120. The highest BCUT2D eigenvalue weighted by molar-refractivity contribution is 5.92. The van der Waals surface area contributed by atoms with Gasteiger partial charge < -0.3 is 30.2 Å². The van der Waals surface area contributed by atoms with E-state index in [2.05, 4.69) is 27.5 Å². The summed E-state index contributed by atoms with van der Waals surface area (Å²) in [4.78, 5) is 51.1. The van der Waals surface area contributed by atoms with Crippen LogP contribution >= 0.6 is 0 Å². The minimum atomic E-state index is -0.985. The van der Waals surface area contributed by atoms with Crippen LogP contribution in [0.2, 0.25) is 0 Å². The third-order valence-corrected chi connectivity index (χ3v) is 7.21. The summed E-state index contributed by atoms with van der Waals surface area (Å²) in [6, 6.07) is 4.30. The van der Waals surface area contributed by atoms with Gasteiger partial charge in [0.2, 0.25) is 11.8 Å². The lowest BCUT2D eigenvalue weighted by molar-refractivity contribution is -0.138. The van der Waals surface area contributed by atoms with Gasteiger partial charge >= 0.3 is 6.03 Å². The predicted octanol–water partition coefficient (Wildman–Crippen LogP) is 2.64. The normalized spacial score (nSPS) is 20.1. The van der Waals surface area contributed by atoms with Gasteiger partial charge in [-0.05, 0) is 51.2 Å². The Morgan fingerprint density at radius 1 is 1.17 bits per heavy atom. The first-order valence-electron chi connectivity index (χ1n) is 13.1. The third-order valence-electron chi connectivity index (χ3n) is 7.21. The standard InChI is InChI=1S/C26H38N6O4/c1-4-19-9-5-6-11-32(19)22(33)16-21(29-26(35)31-12-14-36-15-13-31)25(34)27-18(3)24-28-20-10-7-8-17(2)23(20)30-24/h7-8,10,18-19,21H,4-6,9,11-16H2,1-3H3,(H,27,34)(H,28,30)(H,29,35)/t18-,19-,21-/m0/s1. The van der Waals surface area contributed by atoms with Crippen molar-refractivity contribution in [2.45, 2.75) is 71.0 Å². The molecule has 1 aromatic carbocycles. The topological polar surface area (TPSA) is 120 Å². The number of aromatic nitrogens is 2. The number of rotatable bonds is 7. The number of imidazole rings is 1. The molecule has 3 N–H and O–H groups in total. The van der Waals surface area contributed by atoms with E-state index < -0.39 is 18.0 Å². The first-order valence-corrected chi connectivity index (χ1v) is 13.1. The van der Waals surface area contributed by atoms with Crippen molar-refractivity contribution in [1.82, 2.24) is 30.4 Å². The minimum Gasteiger partial charge on any atom is -0.378 e. The number of urea groups is 1. The molecular formula is C26H38N6O4. The number of nitrogens with zero attached hydrogens (tertiary/aromatic N) is 3. The molecule has 0 bridgehead atoms. The maximum Gasteiger partial charge on any atom is 0.318 e. The van der Waals surface area contributed by atoms with Crippen LogP contribution in [0.5, 0.6) is 0 Å². The van der Waals surface area contributed by atoms with Crippen LogP contribution in [-0.2, 0) is 14.3 Å². The summed E-state index contributed by atoms with van der Waals surface area (Å²) in [6.45, 7) is 8.42. The van der Waals surface area contributed by atoms with Crippen LogP contribution in [0.3, 0.4) is 0 Å². The largest absolute Gasteiger partial charge is 0.378 e. The molecule has 0 aliphatic carbocycles. The Labute approximate surface area is 212 Å². The van der Waals surface area contributed by atoms with Crippen molar-refractivity contribution in [3.05, 3.63) is 29.6 Å². The molecule has 2 aromatic rings. The van der Waals surface area contributed by atoms with Crippen LogP contribution in [0, 0.1) is 6.92 Å². The van der Waals surface area contributed by atoms with Gasteiger partial charge in [-0.3, -0.25) is 9.59 Å². The Balaban J connectivity index is 1.48. The molecule has 36 heavy (non-hydrogen) atoms. The second-order valence-corrected chi connectivity index (χ2v) is 9.77. The van der Waals surface area contributed by atoms with Crippen molar-refractivity contribution < 1.29 is 19.1 Å². The molecule has 2 aliphatic heterocycles. The van der Waals surface area contributed by atoms with Gasteiger partial charge in [0, 0.05) is 25.7 Å². The number of morpholine rings is 1. The summed E-state index contributed by atoms with van der Waals surface area (Å²) in [5.41, 5.74) is 2.80. The predicted molar refractivity (Wildman–Crippen MR) is 136 cm³/mol. The molecule has 2 fully saturated rings. The smallest absolute Gasteiger partial charge is 0.318 e. The van der Waals surface area contributed by atoms with Gasteiger partial charge in [-0.1, -0.05) is 19.1 Å². The van der Waals surface area contributed by atoms with Crippen LogP contribution in [0.25, 0.3) is 11.0 Å². The summed E-state index contributed by atoms with van der Waals surface area (Å²) in [6.07, 6.45) is 3.84. The Kier molecular flexibility index (Phi) is 8.45. The van der Waals surface area contributed by atoms with Crippen molar-refractivity contribution in [3.63, 3.8) is 0 Å². The molecule has 0 radical (unpaired) electrons. The van der Waals surface area contributed by atoms with Crippen LogP contribution in [0.4, 0.5) is 4.79 Å². The van der Waals surface area contributed by atoms with E-state index >= 15 is 0 Å². The molecule has 3 heterocycles. The van der Waals surface area contributed by atoms with Gasteiger partial charge in [0.1, 0.15) is 11.9 Å². The van der Waals surface area contributed by atoms with E-state index in [1.165, 1.54) is 0 Å². The number of aryl methyl sites for hydroxylation is 1. The van der Waals surface area contributed by atoms with E-state index in [0.717, 1.165) is 42.3 Å². The second kappa shape index (κ2) is 11.7. The zero-order valence-electron chi connectivity index (χ0n) is 21.5. The quantitative estimate of drug-likeness (QED) is 0.542. The van der Waals surface area contributed by atoms with Crippen LogP contribution in [0.1, 0.15) is 63.4 Å². The van der Waals surface area contributed by atoms with Gasteiger partial charge in [0.25, 0.3) is 0 Å². The summed E-state index contributed by atoms with van der Waals surface area (Å²) in [7, 11) is 0. The van der Waals surface area contributed by atoms with Crippen molar-refractivity contribution in [1.29, 1.82) is 0 Å². The SMILES string of the molecule is CC[C@H]1CCCCN1C(=O)C[C@H](NC(=O)N1CCOCC1)C(=O)N[C@@H](C)c1nc2c(C)cccc2[nH]1. The highest BCUT2D eigenvalue weighted by Gasteiger charge is 2.32. The van der Waals surface area contributed by atoms with E-state index in [1.807, 2.05) is 36.9 Å². The van der Waals surface area contributed by atoms with Crippen LogP contribution in [0.15, 0.2) is 18.2 Å². The van der Waals surface area contributed by atoms with Crippen molar-refractivity contribution in [3.8, 4) is 0 Å². The van der Waals surface area contributed by atoms with Crippen molar-refractivity contribution in [2.75, 3.05) is 32.8 Å². The molecule has 10 heteroatoms. The van der Waals surface area contributed by atoms with E-state index in [-0.39, 0.29) is 24.4 Å². The summed E-state index contributed by atoms with van der Waals surface area (Å²) in [5, 5.41) is 5.78. The molecule has 0 saturated carbocycles. The number of para-hydroxylation sites is 1. The number of nitrogens with one attached hydrogen (secondary N) is 3. The summed E-state index contributed by atoms with van der Waals surface area (Å²) < 4.78 is 5.33. The molecule has 0 unspecified atom stereocenters. The molecule has 1 aromatic heterocycles. The Bertz CT molecular complexity index is 1080. The number of ether oxygens (including phenoxy) is 1. The third kappa shape index (κ3) is 5.98. The molecule has 4 amide bonds. The average molecular weight is 499 g/mol. The molecule has 4 rings (SSSR count). The van der Waals surface area contributed by atoms with Gasteiger partial charge in [0.05, 0.1) is 36.7 Å².